The van der Waals surface area contributed by atoms with Gasteiger partial charge in [0.2, 0.25) is 0 Å². The van der Waals surface area contributed by atoms with E-state index in [9.17, 15) is 0 Å². The fraction of sp³-hybridized carbons (Fsp3) is 0.115. The van der Waals surface area contributed by atoms with Crippen LogP contribution in [-0.2, 0) is 0 Å². The van der Waals surface area contributed by atoms with E-state index < -0.39 is 0 Å². The van der Waals surface area contributed by atoms with E-state index >= 15 is 0 Å². The monoisotopic (exact) mass is 810 g/mol. The predicted octanol–water partition coefficient (Wildman–Crippen LogP) is 17.3. The van der Waals surface area contributed by atoms with Crippen LogP contribution >= 0.6 is 0 Å². The summed E-state index contributed by atoms with van der Waals surface area (Å²) in [6.07, 6.45) is 0.991. The van der Waals surface area contributed by atoms with E-state index in [2.05, 4.69) is 215 Å². The first-order valence-electron chi connectivity index (χ1n) is 22.4. The molecule has 0 radical (unpaired) electrons. The predicted molar refractivity (Wildman–Crippen MR) is 263 cm³/mol. The van der Waals surface area contributed by atoms with Crippen LogP contribution in [0.1, 0.15) is 71.4 Å². The van der Waals surface area contributed by atoms with Gasteiger partial charge in [0.1, 0.15) is 22.3 Å². The highest BCUT2D eigenvalue weighted by Gasteiger charge is 2.32. The van der Waals surface area contributed by atoms with Crippen molar-refractivity contribution in [3.05, 3.63) is 228 Å². The maximum atomic E-state index is 6.85. The molecular weight excluding hydrogens is 765 g/mol. The minimum atomic E-state index is 0.243. The van der Waals surface area contributed by atoms with Crippen LogP contribution in [0.4, 0.5) is 0 Å². The second-order valence-corrected chi connectivity index (χ2v) is 17.5. The third-order valence-electron chi connectivity index (χ3n) is 14.0. The standard InChI is InChI=1S/C61H46O2/c1-4-43(48-24-9-10-25-49(48)44-22-6-5-17-37(44)2)39-18-13-19-40(33-39)46-29-15-31-53-55-35-56-54-32-16-30-47(61(54)63-58(56)36-57(55)62-60(46)53)41-20-14-21-42(34-41)59-38(3)45-23-7-8-26-50(45)51-27-11-12-28-52(51)59/h5-36,38,43,59H,4H2,1-3H3. The van der Waals surface area contributed by atoms with E-state index in [1.165, 1.54) is 55.6 Å². The van der Waals surface area contributed by atoms with Crippen LogP contribution in [-0.4, -0.2) is 0 Å². The first kappa shape index (κ1) is 37.4. The molecule has 2 heteroatoms. The highest BCUT2D eigenvalue weighted by Crippen LogP contribution is 2.50. The molecule has 63 heavy (non-hydrogen) atoms. The van der Waals surface area contributed by atoms with E-state index in [0.29, 0.717) is 5.92 Å². The van der Waals surface area contributed by atoms with Gasteiger partial charge in [-0.2, -0.15) is 0 Å². The summed E-state index contributed by atoms with van der Waals surface area (Å²) >= 11 is 0. The molecule has 3 unspecified atom stereocenters. The maximum absolute atomic E-state index is 6.85. The topological polar surface area (TPSA) is 26.3 Å². The Kier molecular flexibility index (Phi) is 8.83. The van der Waals surface area contributed by atoms with Crippen LogP contribution in [0.5, 0.6) is 0 Å². The maximum Gasteiger partial charge on any atom is 0.143 e. The number of fused-ring (bicyclic) bond motifs is 9. The number of aryl methyl sites for hydroxylation is 1. The largest absolute Gasteiger partial charge is 0.455 e. The Balaban J connectivity index is 0.926. The van der Waals surface area contributed by atoms with Crippen molar-refractivity contribution in [3.63, 3.8) is 0 Å². The molecule has 2 heterocycles. The van der Waals surface area contributed by atoms with Gasteiger partial charge in [-0.1, -0.05) is 196 Å². The third kappa shape index (κ3) is 6.00. The molecule has 9 aromatic carbocycles. The van der Waals surface area contributed by atoms with Gasteiger partial charge in [-0.05, 0) is 92.1 Å². The lowest BCUT2D eigenvalue weighted by atomic mass is 9.69. The highest BCUT2D eigenvalue weighted by molar-refractivity contribution is 6.18. The van der Waals surface area contributed by atoms with Gasteiger partial charge in [0.25, 0.3) is 0 Å². The Labute approximate surface area is 368 Å². The highest BCUT2D eigenvalue weighted by atomic mass is 16.3. The van der Waals surface area contributed by atoms with Crippen LogP contribution in [0, 0.1) is 6.92 Å². The zero-order valence-electron chi connectivity index (χ0n) is 35.7. The van der Waals surface area contributed by atoms with Crippen molar-refractivity contribution in [3.8, 4) is 44.5 Å². The molecule has 1 aliphatic rings. The molecule has 2 nitrogen and oxygen atoms in total. The summed E-state index contributed by atoms with van der Waals surface area (Å²) in [6.45, 7) is 6.87. The van der Waals surface area contributed by atoms with Crippen LogP contribution in [0.25, 0.3) is 88.4 Å². The molecule has 11 aromatic rings. The van der Waals surface area contributed by atoms with Gasteiger partial charge in [-0.3, -0.25) is 0 Å². The van der Waals surface area contributed by atoms with Gasteiger partial charge in [0, 0.05) is 50.6 Å². The van der Waals surface area contributed by atoms with Crippen molar-refractivity contribution in [2.75, 3.05) is 0 Å². The van der Waals surface area contributed by atoms with E-state index in [4.69, 9.17) is 8.83 Å². The van der Waals surface area contributed by atoms with Crippen molar-refractivity contribution >= 4 is 43.9 Å². The lowest BCUT2D eigenvalue weighted by Crippen LogP contribution is -2.16. The molecule has 12 rings (SSSR count). The Hall–Kier alpha value is -7.42. The van der Waals surface area contributed by atoms with Gasteiger partial charge in [0.05, 0.1) is 0 Å². The number of rotatable bonds is 7. The summed E-state index contributed by atoms with van der Waals surface area (Å²) < 4.78 is 13.7. The van der Waals surface area contributed by atoms with Crippen LogP contribution in [0.15, 0.2) is 203 Å². The van der Waals surface area contributed by atoms with Crippen LogP contribution < -0.4 is 0 Å². The molecule has 2 aromatic heterocycles. The van der Waals surface area contributed by atoms with Crippen molar-refractivity contribution in [2.24, 2.45) is 0 Å². The molecule has 3 atom stereocenters. The Bertz CT molecular complexity index is 3560. The molecule has 0 saturated carbocycles. The summed E-state index contributed by atoms with van der Waals surface area (Å²) in [5.74, 6) is 0.823. The SMILES string of the molecule is CCC(c1cccc(-c2cccc3c2oc2cc4oc5c(-c6cccc(C7c8ccccc8-c8ccccc8C7C)c6)cccc5c4cc23)c1)c1ccccc1-c1ccccc1C. The van der Waals surface area contributed by atoms with Gasteiger partial charge in [-0.15, -0.1) is 0 Å². The summed E-state index contributed by atoms with van der Waals surface area (Å²) in [6, 6.07) is 71.1. The number of hydrogen-bond acceptors (Lipinski definition) is 2. The first-order chi connectivity index (χ1) is 31.0. The normalized spacial score (nSPS) is 15.2. The van der Waals surface area contributed by atoms with Crippen LogP contribution in [0.3, 0.4) is 0 Å². The zero-order chi connectivity index (χ0) is 42.2. The van der Waals surface area contributed by atoms with Gasteiger partial charge < -0.3 is 8.83 Å². The summed E-state index contributed by atoms with van der Waals surface area (Å²) in [5.41, 5.74) is 21.3. The van der Waals surface area contributed by atoms with Crippen molar-refractivity contribution in [1.29, 1.82) is 0 Å². The van der Waals surface area contributed by atoms with E-state index in [1.807, 2.05) is 0 Å². The summed E-state index contributed by atoms with van der Waals surface area (Å²) in [5, 5.41) is 4.40. The lowest BCUT2D eigenvalue weighted by molar-refractivity contribution is 0.649. The fourth-order valence-electron chi connectivity index (χ4n) is 11.0. The summed E-state index contributed by atoms with van der Waals surface area (Å²) in [7, 11) is 0. The molecular formula is C61H46O2. The average molecular weight is 811 g/mol. The molecule has 0 saturated heterocycles. The van der Waals surface area contributed by atoms with Gasteiger partial charge in [0.15, 0.2) is 0 Å². The molecule has 0 aliphatic heterocycles. The van der Waals surface area contributed by atoms with Gasteiger partial charge in [-0.25, -0.2) is 0 Å². The van der Waals surface area contributed by atoms with E-state index in [0.717, 1.165) is 72.6 Å². The Morgan fingerprint density at radius 3 is 1.67 bits per heavy atom. The second-order valence-electron chi connectivity index (χ2n) is 17.5. The first-order valence-corrected chi connectivity index (χ1v) is 22.4. The molecule has 0 spiro atoms. The number of hydrogen-bond donors (Lipinski definition) is 0. The molecule has 0 N–H and O–H groups in total. The third-order valence-corrected chi connectivity index (χ3v) is 14.0. The van der Waals surface area contributed by atoms with Gasteiger partial charge >= 0.3 is 0 Å². The minimum absolute atomic E-state index is 0.243. The molecule has 0 fully saturated rings. The molecule has 302 valence electrons. The smallest absolute Gasteiger partial charge is 0.143 e. The second kappa shape index (κ2) is 14.9. The summed E-state index contributed by atoms with van der Waals surface area (Å²) in [4.78, 5) is 0. The van der Waals surface area contributed by atoms with E-state index in [1.54, 1.807) is 0 Å². The van der Waals surface area contributed by atoms with Crippen LogP contribution in [0.2, 0.25) is 0 Å². The molecule has 1 aliphatic carbocycles. The van der Waals surface area contributed by atoms with Crippen molar-refractivity contribution in [1.82, 2.24) is 0 Å². The number of para-hydroxylation sites is 2. The number of furan rings is 2. The fourth-order valence-corrected chi connectivity index (χ4v) is 11.0. The van der Waals surface area contributed by atoms with Crippen molar-refractivity contribution in [2.45, 2.75) is 44.9 Å². The Morgan fingerprint density at radius 1 is 0.444 bits per heavy atom. The lowest BCUT2D eigenvalue weighted by Gasteiger charge is -2.34. The molecule has 0 amide bonds. The van der Waals surface area contributed by atoms with Crippen molar-refractivity contribution < 1.29 is 8.83 Å². The number of benzene rings is 9. The zero-order valence-corrected chi connectivity index (χ0v) is 35.7. The average Bonchev–Trinajstić information content (AvgIpc) is 3.89. The molecule has 0 bridgehead atoms. The Morgan fingerprint density at radius 2 is 0.984 bits per heavy atom. The van der Waals surface area contributed by atoms with E-state index in [-0.39, 0.29) is 11.8 Å². The quantitative estimate of drug-likeness (QED) is 0.160. The minimum Gasteiger partial charge on any atom is -0.455 e.